The van der Waals surface area contributed by atoms with Gasteiger partial charge >= 0.3 is 0 Å². The molecule has 2 N–H and O–H groups in total. The summed E-state index contributed by atoms with van der Waals surface area (Å²) in [6.07, 6.45) is 0.885. The van der Waals surface area contributed by atoms with Gasteiger partial charge in [-0.3, -0.25) is 0 Å². The fourth-order valence-electron chi connectivity index (χ4n) is 1.59. The normalized spacial score (nSPS) is 11.2. The van der Waals surface area contributed by atoms with Crippen LogP contribution in [0.25, 0.3) is 10.6 Å². The predicted octanol–water partition coefficient (Wildman–Crippen LogP) is 3.50. The summed E-state index contributed by atoms with van der Waals surface area (Å²) in [5.74, 6) is 0.529. The molecule has 0 unspecified atom stereocenters. The summed E-state index contributed by atoms with van der Waals surface area (Å²) in [4.78, 5) is 7.36. The average Bonchev–Trinajstić information content (AvgIpc) is 2.83. The van der Waals surface area contributed by atoms with E-state index in [1.165, 1.54) is 15.4 Å². The van der Waals surface area contributed by atoms with Gasteiger partial charge < -0.3 is 5.73 Å². The molecule has 0 atom stereocenters. The Hall–Kier alpha value is -0.710. The van der Waals surface area contributed by atoms with Gasteiger partial charge in [0, 0.05) is 11.3 Å². The molecule has 2 nitrogen and oxygen atoms in total. The first-order chi connectivity index (χ1) is 7.72. The molecule has 0 amide bonds. The van der Waals surface area contributed by atoms with E-state index in [4.69, 9.17) is 10.7 Å². The van der Waals surface area contributed by atoms with Crippen molar-refractivity contribution in [3.63, 3.8) is 0 Å². The lowest BCUT2D eigenvalue weighted by Gasteiger charge is -2.02. The van der Waals surface area contributed by atoms with E-state index in [2.05, 4.69) is 31.4 Å². The number of nitrogens with zero attached hydrogens (tertiary/aromatic N) is 1. The highest BCUT2D eigenvalue weighted by Gasteiger charge is 2.15. The van der Waals surface area contributed by atoms with Crippen LogP contribution in [0.1, 0.15) is 29.7 Å². The highest BCUT2D eigenvalue weighted by Crippen LogP contribution is 2.35. The molecule has 0 radical (unpaired) electrons. The number of nitrogens with two attached hydrogens (primary N) is 1. The summed E-state index contributed by atoms with van der Waals surface area (Å²) in [5, 5.41) is 3.26. The Morgan fingerprint density at radius 1 is 1.44 bits per heavy atom. The quantitative estimate of drug-likeness (QED) is 0.904. The SMILES string of the molecule is CC(C)c1sc(CCN)nc1-c1cccs1. The number of rotatable bonds is 4. The van der Waals surface area contributed by atoms with E-state index < -0.39 is 0 Å². The fraction of sp³-hybridized carbons (Fsp3) is 0.417. The first-order valence-electron chi connectivity index (χ1n) is 5.46. The van der Waals surface area contributed by atoms with Crippen molar-refractivity contribution in [2.75, 3.05) is 6.54 Å². The Kier molecular flexibility index (Phi) is 3.74. The number of hydrogen-bond acceptors (Lipinski definition) is 4. The number of hydrogen-bond donors (Lipinski definition) is 1. The van der Waals surface area contributed by atoms with E-state index >= 15 is 0 Å². The van der Waals surface area contributed by atoms with Crippen LogP contribution in [0, 0.1) is 0 Å². The van der Waals surface area contributed by atoms with Gasteiger partial charge in [0.2, 0.25) is 0 Å². The van der Waals surface area contributed by atoms with Crippen LogP contribution in [0.4, 0.5) is 0 Å². The van der Waals surface area contributed by atoms with Crippen molar-refractivity contribution in [2.45, 2.75) is 26.2 Å². The first kappa shape index (κ1) is 11.8. The average molecular weight is 252 g/mol. The van der Waals surface area contributed by atoms with Crippen LogP contribution in [0.5, 0.6) is 0 Å². The van der Waals surface area contributed by atoms with Crippen LogP contribution in [0.3, 0.4) is 0 Å². The molecule has 86 valence electrons. The molecule has 2 aromatic rings. The summed E-state index contributed by atoms with van der Waals surface area (Å²) >= 11 is 3.56. The Morgan fingerprint density at radius 3 is 2.81 bits per heavy atom. The standard InChI is InChI=1S/C12H16N2S2/c1-8(2)12-11(9-4-3-7-15-9)14-10(16-12)5-6-13/h3-4,7-8H,5-6,13H2,1-2H3. The second-order valence-electron chi connectivity index (χ2n) is 3.99. The van der Waals surface area contributed by atoms with Crippen molar-refractivity contribution < 1.29 is 0 Å². The third-order valence-electron chi connectivity index (χ3n) is 2.33. The molecule has 0 spiro atoms. The molecular formula is C12H16N2S2. The molecule has 0 aliphatic heterocycles. The van der Waals surface area contributed by atoms with Crippen LogP contribution < -0.4 is 5.73 Å². The van der Waals surface area contributed by atoms with Gasteiger partial charge in [-0.2, -0.15) is 0 Å². The topological polar surface area (TPSA) is 38.9 Å². The van der Waals surface area contributed by atoms with Crippen molar-refractivity contribution in [1.82, 2.24) is 4.98 Å². The molecule has 2 heterocycles. The zero-order valence-corrected chi connectivity index (χ0v) is 11.2. The summed E-state index contributed by atoms with van der Waals surface area (Å²) < 4.78 is 0. The van der Waals surface area contributed by atoms with E-state index in [1.807, 2.05) is 0 Å². The highest BCUT2D eigenvalue weighted by atomic mass is 32.1. The Labute approximate surface area is 104 Å². The molecular weight excluding hydrogens is 236 g/mol. The minimum absolute atomic E-state index is 0.529. The van der Waals surface area contributed by atoms with E-state index in [9.17, 15) is 0 Å². The van der Waals surface area contributed by atoms with Crippen LogP contribution in [0.15, 0.2) is 17.5 Å². The van der Waals surface area contributed by atoms with Crippen LogP contribution in [0.2, 0.25) is 0 Å². The van der Waals surface area contributed by atoms with Crippen molar-refractivity contribution >= 4 is 22.7 Å². The van der Waals surface area contributed by atoms with Gasteiger partial charge in [0.05, 0.1) is 15.6 Å². The lowest BCUT2D eigenvalue weighted by molar-refractivity contribution is 0.887. The first-order valence-corrected chi connectivity index (χ1v) is 7.15. The molecule has 0 aliphatic rings. The van der Waals surface area contributed by atoms with Crippen molar-refractivity contribution in [3.05, 3.63) is 27.4 Å². The molecule has 0 bridgehead atoms. The second kappa shape index (κ2) is 5.08. The van der Waals surface area contributed by atoms with Crippen molar-refractivity contribution in [2.24, 2.45) is 5.73 Å². The summed E-state index contributed by atoms with van der Waals surface area (Å²) in [7, 11) is 0. The van der Waals surface area contributed by atoms with Gasteiger partial charge in [-0.25, -0.2) is 4.98 Å². The Balaban J connectivity index is 2.42. The second-order valence-corrected chi connectivity index (χ2v) is 6.05. The lowest BCUT2D eigenvalue weighted by Crippen LogP contribution is -2.01. The molecule has 0 aliphatic carbocycles. The van der Waals surface area contributed by atoms with Crippen LogP contribution in [-0.2, 0) is 6.42 Å². The minimum atomic E-state index is 0.529. The molecule has 0 aromatic carbocycles. The Morgan fingerprint density at radius 2 is 2.25 bits per heavy atom. The molecule has 2 rings (SSSR count). The number of thiophene rings is 1. The highest BCUT2D eigenvalue weighted by molar-refractivity contribution is 7.15. The third kappa shape index (κ3) is 2.34. The van der Waals surface area contributed by atoms with Crippen molar-refractivity contribution in [3.8, 4) is 10.6 Å². The molecule has 4 heteroatoms. The maximum Gasteiger partial charge on any atom is 0.0948 e. The van der Waals surface area contributed by atoms with Gasteiger partial charge in [-0.15, -0.1) is 22.7 Å². The van der Waals surface area contributed by atoms with Crippen LogP contribution in [-0.4, -0.2) is 11.5 Å². The summed E-state index contributed by atoms with van der Waals surface area (Å²) in [6.45, 7) is 5.11. The van der Waals surface area contributed by atoms with Gasteiger partial charge in [0.1, 0.15) is 0 Å². The maximum absolute atomic E-state index is 5.58. The van der Waals surface area contributed by atoms with Gasteiger partial charge in [0.15, 0.2) is 0 Å². The number of aromatic nitrogens is 1. The van der Waals surface area contributed by atoms with E-state index in [-0.39, 0.29) is 0 Å². The zero-order valence-electron chi connectivity index (χ0n) is 9.56. The molecule has 0 saturated carbocycles. The lowest BCUT2D eigenvalue weighted by atomic mass is 10.1. The zero-order chi connectivity index (χ0) is 11.5. The third-order valence-corrected chi connectivity index (χ3v) is 4.63. The maximum atomic E-state index is 5.58. The number of thiazole rings is 1. The largest absolute Gasteiger partial charge is 0.330 e. The fourth-order valence-corrected chi connectivity index (χ4v) is 3.48. The van der Waals surface area contributed by atoms with Crippen LogP contribution >= 0.6 is 22.7 Å². The molecule has 16 heavy (non-hydrogen) atoms. The van der Waals surface area contributed by atoms with Crippen molar-refractivity contribution in [1.29, 1.82) is 0 Å². The van der Waals surface area contributed by atoms with E-state index in [0.29, 0.717) is 12.5 Å². The monoisotopic (exact) mass is 252 g/mol. The van der Waals surface area contributed by atoms with Gasteiger partial charge in [0.25, 0.3) is 0 Å². The Bertz CT molecular complexity index is 444. The van der Waals surface area contributed by atoms with Gasteiger partial charge in [-0.1, -0.05) is 19.9 Å². The summed E-state index contributed by atoms with van der Waals surface area (Å²) in [5.41, 5.74) is 6.75. The smallest absolute Gasteiger partial charge is 0.0948 e. The predicted molar refractivity (Wildman–Crippen MR) is 72.3 cm³/mol. The minimum Gasteiger partial charge on any atom is -0.330 e. The van der Waals surface area contributed by atoms with E-state index in [1.54, 1.807) is 22.7 Å². The molecule has 0 fully saturated rings. The van der Waals surface area contributed by atoms with E-state index in [0.717, 1.165) is 11.4 Å². The summed E-state index contributed by atoms with van der Waals surface area (Å²) in [6, 6.07) is 4.21. The molecule has 0 saturated heterocycles. The van der Waals surface area contributed by atoms with Gasteiger partial charge in [-0.05, 0) is 23.9 Å². The molecule has 2 aromatic heterocycles.